The molecule has 0 bridgehead atoms. The van der Waals surface area contributed by atoms with Gasteiger partial charge in [-0.15, -0.1) is 0 Å². The van der Waals surface area contributed by atoms with E-state index in [9.17, 15) is 0 Å². The monoisotopic (exact) mass is 370 g/mol. The minimum Gasteiger partial charge on any atom is -0.396 e. The second kappa shape index (κ2) is 8.40. The molecule has 2 nitrogen and oxygen atoms in total. The molecule has 2 N–H and O–H groups in total. The second-order valence-corrected chi connectivity index (χ2v) is 8.31. The molecule has 3 heterocycles. The first kappa shape index (κ1) is 19.1. The highest BCUT2D eigenvalue weighted by molar-refractivity contribution is 6.66. The lowest BCUT2D eigenvalue weighted by atomic mass is 9.39. The Morgan fingerprint density at radius 3 is 2.89 bits per heavy atom. The number of nitrogens with one attached hydrogen (secondary N) is 2. The number of allylic oxidation sites excluding steroid dienone is 1. The molecular weight excluding hydrogens is 339 g/mol. The number of rotatable bonds is 2. The van der Waals surface area contributed by atoms with Crippen molar-refractivity contribution >= 4 is 12.3 Å². The molecule has 0 fully saturated rings. The van der Waals surface area contributed by atoms with E-state index in [0.29, 0.717) is 12.7 Å². The maximum absolute atomic E-state index is 4.09. The van der Waals surface area contributed by atoms with Crippen LogP contribution in [0.2, 0.25) is 0 Å². The van der Waals surface area contributed by atoms with Gasteiger partial charge in [-0.25, -0.2) is 0 Å². The molecule has 0 aromatic heterocycles. The van der Waals surface area contributed by atoms with Crippen LogP contribution in [0.1, 0.15) is 47.2 Å². The summed E-state index contributed by atoms with van der Waals surface area (Å²) in [5, 5.41) is 6.84. The topological polar surface area (TPSA) is 24.1 Å². The van der Waals surface area contributed by atoms with Crippen LogP contribution >= 0.6 is 0 Å². The summed E-state index contributed by atoms with van der Waals surface area (Å²) in [6.07, 6.45) is 6.76. The highest BCUT2D eigenvalue weighted by atomic mass is 14.9. The summed E-state index contributed by atoms with van der Waals surface area (Å²) in [6, 6.07) is 13.5. The Kier molecular flexibility index (Phi) is 5.73. The molecule has 0 aliphatic carbocycles. The predicted molar refractivity (Wildman–Crippen MR) is 122 cm³/mol. The van der Waals surface area contributed by atoms with E-state index >= 15 is 0 Å². The molecule has 2 aromatic carbocycles. The summed E-state index contributed by atoms with van der Waals surface area (Å²) in [5.41, 5.74) is 10.0. The summed E-state index contributed by atoms with van der Waals surface area (Å²) < 4.78 is 0. The van der Waals surface area contributed by atoms with E-state index in [1.807, 2.05) is 0 Å². The number of hydrogen-bond acceptors (Lipinski definition) is 2. The second-order valence-electron chi connectivity index (χ2n) is 8.31. The smallest absolute Gasteiger partial charge is 0.198 e. The first-order chi connectivity index (χ1) is 13.7. The van der Waals surface area contributed by atoms with Crippen molar-refractivity contribution in [3.05, 3.63) is 88.5 Å². The summed E-state index contributed by atoms with van der Waals surface area (Å²) in [4.78, 5) is 0. The first-order valence-electron chi connectivity index (χ1n) is 10.7. The molecular formula is C25H31BN2. The standard InChI is InChI=1S/C14H16BN.C11H15N/c1-10(2)12-5-3-4-11-8-14-15(6-7-16-14)9-13(11)12;1-2-9-3-4-10-5-6-12-8-11(10)7-9/h3-7,14,16H,1,8-9H2,2H3;3-4,7,12H,2,5-6,8H2,1H3. The number of aryl methyl sites for hydroxylation is 1. The maximum atomic E-state index is 4.09. The van der Waals surface area contributed by atoms with Gasteiger partial charge in [-0.1, -0.05) is 61.4 Å². The van der Waals surface area contributed by atoms with Gasteiger partial charge in [0, 0.05) is 12.5 Å². The Morgan fingerprint density at radius 2 is 2.07 bits per heavy atom. The fourth-order valence-corrected chi connectivity index (χ4v) is 4.67. The lowest BCUT2D eigenvalue weighted by Crippen LogP contribution is -2.42. The summed E-state index contributed by atoms with van der Waals surface area (Å²) in [5.74, 6) is 2.93. The molecule has 1 unspecified atom stereocenters. The van der Waals surface area contributed by atoms with Gasteiger partial charge in [0.1, 0.15) is 0 Å². The summed E-state index contributed by atoms with van der Waals surface area (Å²) in [6.45, 7) is 11.3. The van der Waals surface area contributed by atoms with E-state index < -0.39 is 0 Å². The molecule has 0 saturated heterocycles. The van der Waals surface area contributed by atoms with Gasteiger partial charge in [-0.2, -0.15) is 0 Å². The van der Waals surface area contributed by atoms with Crippen LogP contribution in [-0.2, 0) is 32.1 Å². The first-order valence-corrected chi connectivity index (χ1v) is 10.7. The minimum absolute atomic E-state index is 0.618. The molecule has 1 atom stereocenters. The molecule has 144 valence electrons. The van der Waals surface area contributed by atoms with Gasteiger partial charge in [-0.3, -0.25) is 0 Å². The zero-order valence-electron chi connectivity index (χ0n) is 17.2. The van der Waals surface area contributed by atoms with E-state index in [1.165, 1.54) is 45.4 Å². The molecule has 0 spiro atoms. The largest absolute Gasteiger partial charge is 0.396 e. The molecule has 0 amide bonds. The van der Waals surface area contributed by atoms with Crippen LogP contribution in [0.3, 0.4) is 0 Å². The van der Waals surface area contributed by atoms with Gasteiger partial charge in [-0.05, 0) is 78.6 Å². The van der Waals surface area contributed by atoms with Crippen LogP contribution in [0.4, 0.5) is 0 Å². The Hall–Kier alpha value is -2.26. The fourth-order valence-electron chi connectivity index (χ4n) is 4.67. The lowest BCUT2D eigenvalue weighted by molar-refractivity contribution is 0.643. The highest BCUT2D eigenvalue weighted by Gasteiger charge is 2.32. The van der Waals surface area contributed by atoms with Gasteiger partial charge < -0.3 is 10.6 Å². The third kappa shape index (κ3) is 3.95. The normalized spacial score (nSPS) is 18.9. The van der Waals surface area contributed by atoms with Gasteiger partial charge in [0.25, 0.3) is 0 Å². The van der Waals surface area contributed by atoms with Gasteiger partial charge >= 0.3 is 0 Å². The third-order valence-corrected chi connectivity index (χ3v) is 6.35. The van der Waals surface area contributed by atoms with Crippen LogP contribution in [-0.4, -0.2) is 19.2 Å². The number of benzene rings is 2. The Balaban J connectivity index is 0.000000143. The van der Waals surface area contributed by atoms with Crippen LogP contribution in [0.25, 0.3) is 5.57 Å². The van der Waals surface area contributed by atoms with Crippen LogP contribution < -0.4 is 10.6 Å². The van der Waals surface area contributed by atoms with Crippen molar-refractivity contribution in [1.82, 2.24) is 10.6 Å². The van der Waals surface area contributed by atoms with Crippen molar-refractivity contribution in [2.75, 3.05) is 6.54 Å². The van der Waals surface area contributed by atoms with Crippen molar-refractivity contribution in [3.63, 3.8) is 0 Å². The zero-order valence-corrected chi connectivity index (χ0v) is 17.2. The Labute approximate surface area is 170 Å². The van der Waals surface area contributed by atoms with Gasteiger partial charge in [0.15, 0.2) is 6.71 Å². The van der Waals surface area contributed by atoms with E-state index in [1.54, 1.807) is 0 Å². The fraction of sp³-hybridized carbons (Fsp3) is 0.360. The summed E-state index contributed by atoms with van der Waals surface area (Å²) >= 11 is 0. The van der Waals surface area contributed by atoms with Crippen molar-refractivity contribution < 1.29 is 0 Å². The predicted octanol–water partition coefficient (Wildman–Crippen LogP) is 4.31. The third-order valence-electron chi connectivity index (χ3n) is 6.35. The Morgan fingerprint density at radius 1 is 1.18 bits per heavy atom. The van der Waals surface area contributed by atoms with Crippen molar-refractivity contribution in [2.24, 2.45) is 0 Å². The lowest BCUT2D eigenvalue weighted by Gasteiger charge is -2.27. The highest BCUT2D eigenvalue weighted by Crippen LogP contribution is 2.29. The van der Waals surface area contributed by atoms with E-state index in [0.717, 1.165) is 32.3 Å². The van der Waals surface area contributed by atoms with Crippen molar-refractivity contribution in [1.29, 1.82) is 0 Å². The van der Waals surface area contributed by atoms with Crippen LogP contribution in [0.5, 0.6) is 0 Å². The Bertz CT molecular complexity index is 899. The summed E-state index contributed by atoms with van der Waals surface area (Å²) in [7, 11) is 0. The van der Waals surface area contributed by atoms with Crippen LogP contribution in [0.15, 0.2) is 55.2 Å². The molecule has 5 rings (SSSR count). The molecule has 2 aromatic rings. The maximum Gasteiger partial charge on any atom is 0.198 e. The molecule has 0 radical (unpaired) electrons. The van der Waals surface area contributed by atoms with Gasteiger partial charge in [0.05, 0.1) is 0 Å². The molecule has 3 aliphatic rings. The number of hydrogen-bond donors (Lipinski definition) is 2. The SMILES string of the molecule is C=C(C)c1cccc2c1CB1C=CNC1C2.CCc1ccc2c(c1)CNCC2. The average molecular weight is 370 g/mol. The van der Waals surface area contributed by atoms with Crippen molar-refractivity contribution in [3.8, 4) is 0 Å². The number of fused-ring (bicyclic) bond motifs is 3. The van der Waals surface area contributed by atoms with E-state index in [4.69, 9.17) is 0 Å². The van der Waals surface area contributed by atoms with E-state index in [2.05, 4.69) is 79.6 Å². The van der Waals surface area contributed by atoms with Crippen molar-refractivity contribution in [2.45, 2.75) is 51.9 Å². The molecule has 3 aliphatic heterocycles. The average Bonchev–Trinajstić information content (AvgIpc) is 3.19. The molecule has 28 heavy (non-hydrogen) atoms. The van der Waals surface area contributed by atoms with Crippen LogP contribution in [0, 0.1) is 0 Å². The van der Waals surface area contributed by atoms with E-state index in [-0.39, 0.29) is 0 Å². The quantitative estimate of drug-likeness (QED) is 0.770. The minimum atomic E-state index is 0.618. The van der Waals surface area contributed by atoms with Gasteiger partial charge in [0.2, 0.25) is 0 Å². The molecule has 3 heteroatoms. The zero-order chi connectivity index (χ0) is 19.5. The molecule has 0 saturated carbocycles.